The van der Waals surface area contributed by atoms with Crippen LogP contribution in [0.2, 0.25) is 0 Å². The number of likely N-dealkylation sites (N-methyl/N-ethyl adjacent to an activating group) is 1. The molecule has 0 heterocycles. The molecule has 3 N–H and O–H groups in total. The first kappa shape index (κ1) is 16.0. The molecule has 0 saturated carbocycles. The Bertz CT molecular complexity index is 405. The molecule has 0 fully saturated rings. The third kappa shape index (κ3) is 4.49. The minimum Gasteiger partial charge on any atom is -0.496 e. The summed E-state index contributed by atoms with van der Waals surface area (Å²) >= 11 is 0. The molecule has 0 unspecified atom stereocenters. The zero-order valence-electron chi connectivity index (χ0n) is 12.8. The number of ether oxygens (including phenoxy) is 1. The lowest BCUT2D eigenvalue weighted by Crippen LogP contribution is -2.36. The predicted octanol–water partition coefficient (Wildman–Crippen LogP) is 2.02. The number of benzene rings is 1. The fourth-order valence-electron chi connectivity index (χ4n) is 2.19. The van der Waals surface area contributed by atoms with Crippen molar-refractivity contribution in [3.63, 3.8) is 0 Å². The molecule has 0 aromatic heterocycles. The molecule has 0 aliphatic carbocycles. The lowest BCUT2D eigenvalue weighted by molar-refractivity contribution is 0.312. The summed E-state index contributed by atoms with van der Waals surface area (Å²) in [5.41, 5.74) is 6.62. The second kappa shape index (κ2) is 7.48. The fraction of sp³-hybridized carbons (Fsp3) is 0.600. The molecule has 0 aliphatic heterocycles. The number of methoxy groups -OCH3 is 1. The highest BCUT2D eigenvalue weighted by Crippen LogP contribution is 2.29. The van der Waals surface area contributed by atoms with Gasteiger partial charge in [0.25, 0.3) is 0 Å². The Morgan fingerprint density at radius 1 is 1.37 bits per heavy atom. The van der Waals surface area contributed by atoms with Gasteiger partial charge < -0.3 is 4.74 Å². The van der Waals surface area contributed by atoms with Crippen LogP contribution in [0, 0.1) is 6.92 Å². The zero-order valence-corrected chi connectivity index (χ0v) is 12.8. The van der Waals surface area contributed by atoms with E-state index in [9.17, 15) is 0 Å². The Labute approximate surface area is 116 Å². The van der Waals surface area contributed by atoms with Crippen molar-refractivity contribution in [1.29, 1.82) is 0 Å². The molecule has 19 heavy (non-hydrogen) atoms. The minimum atomic E-state index is 0.470. The smallest absolute Gasteiger partial charge is 0.122 e. The van der Waals surface area contributed by atoms with Gasteiger partial charge in [0.2, 0.25) is 0 Å². The first-order valence-electron chi connectivity index (χ1n) is 6.79. The number of hydrogen-bond acceptors (Lipinski definition) is 4. The maximum Gasteiger partial charge on any atom is 0.122 e. The third-order valence-electron chi connectivity index (χ3n) is 3.43. The standard InChI is InChI=1S/C15H27N3O/c1-11(2)14-9-13(6-7-18(4)10-17-16)12(3)8-15(14)19-5/h8-9,11,17H,6-7,10,16H2,1-5H3. The van der Waals surface area contributed by atoms with Crippen molar-refractivity contribution in [2.45, 2.75) is 33.1 Å². The molecule has 0 saturated heterocycles. The molecule has 1 aromatic carbocycles. The van der Waals surface area contributed by atoms with Gasteiger partial charge in [-0.1, -0.05) is 19.9 Å². The monoisotopic (exact) mass is 265 g/mol. The quantitative estimate of drug-likeness (QED) is 0.450. The molecule has 0 spiro atoms. The molecule has 4 nitrogen and oxygen atoms in total. The van der Waals surface area contributed by atoms with Crippen LogP contribution in [-0.4, -0.2) is 32.3 Å². The van der Waals surface area contributed by atoms with Gasteiger partial charge in [-0.3, -0.25) is 10.7 Å². The number of nitrogens with one attached hydrogen (secondary N) is 1. The summed E-state index contributed by atoms with van der Waals surface area (Å²) in [7, 11) is 3.79. The van der Waals surface area contributed by atoms with Crippen LogP contribution in [0.25, 0.3) is 0 Å². The minimum absolute atomic E-state index is 0.470. The summed E-state index contributed by atoms with van der Waals surface area (Å²) in [5, 5.41) is 0. The molecule has 0 atom stereocenters. The Balaban J connectivity index is 2.86. The molecule has 0 aliphatic rings. The van der Waals surface area contributed by atoms with Crippen LogP contribution in [0.5, 0.6) is 5.75 Å². The van der Waals surface area contributed by atoms with E-state index in [1.807, 2.05) is 0 Å². The van der Waals surface area contributed by atoms with Gasteiger partial charge in [0, 0.05) is 6.54 Å². The molecule has 1 rings (SSSR count). The van der Waals surface area contributed by atoms with Crippen LogP contribution < -0.4 is 16.0 Å². The molecular formula is C15H27N3O. The number of hydrogen-bond donors (Lipinski definition) is 2. The Hall–Kier alpha value is -1.10. The van der Waals surface area contributed by atoms with Gasteiger partial charge in [-0.25, -0.2) is 5.43 Å². The van der Waals surface area contributed by atoms with Crippen LogP contribution in [0.3, 0.4) is 0 Å². The van der Waals surface area contributed by atoms with Gasteiger partial charge in [-0.15, -0.1) is 0 Å². The molecule has 4 heteroatoms. The topological polar surface area (TPSA) is 50.5 Å². The Morgan fingerprint density at radius 2 is 2.05 bits per heavy atom. The summed E-state index contributed by atoms with van der Waals surface area (Å²) in [5.74, 6) is 6.79. The summed E-state index contributed by atoms with van der Waals surface area (Å²) in [6.45, 7) is 8.22. The normalized spacial score (nSPS) is 11.4. The zero-order chi connectivity index (χ0) is 14.4. The average Bonchev–Trinajstić information content (AvgIpc) is 2.36. The van der Waals surface area contributed by atoms with Crippen molar-refractivity contribution in [2.75, 3.05) is 27.4 Å². The first-order chi connectivity index (χ1) is 8.99. The van der Waals surface area contributed by atoms with Crippen LogP contribution in [0.15, 0.2) is 12.1 Å². The van der Waals surface area contributed by atoms with Crippen molar-refractivity contribution in [3.05, 3.63) is 28.8 Å². The highest BCUT2D eigenvalue weighted by molar-refractivity contribution is 5.44. The average molecular weight is 265 g/mol. The highest BCUT2D eigenvalue weighted by atomic mass is 16.5. The van der Waals surface area contributed by atoms with Crippen LogP contribution in [0.1, 0.15) is 36.5 Å². The summed E-state index contributed by atoms with van der Waals surface area (Å²) in [6.07, 6.45) is 1.02. The van der Waals surface area contributed by atoms with Crippen molar-refractivity contribution >= 4 is 0 Å². The van der Waals surface area contributed by atoms with Crippen molar-refractivity contribution in [2.24, 2.45) is 5.84 Å². The van der Waals surface area contributed by atoms with E-state index in [4.69, 9.17) is 10.6 Å². The van der Waals surface area contributed by atoms with Gasteiger partial charge in [-0.05, 0) is 49.1 Å². The lowest BCUT2D eigenvalue weighted by atomic mass is 9.95. The fourth-order valence-corrected chi connectivity index (χ4v) is 2.19. The molecule has 1 aromatic rings. The maximum absolute atomic E-state index is 5.47. The van der Waals surface area contributed by atoms with E-state index < -0.39 is 0 Å². The van der Waals surface area contributed by atoms with Crippen LogP contribution in [-0.2, 0) is 6.42 Å². The van der Waals surface area contributed by atoms with Crippen molar-refractivity contribution in [1.82, 2.24) is 10.3 Å². The molecule has 0 bridgehead atoms. The number of nitrogens with zero attached hydrogens (tertiary/aromatic N) is 1. The van der Waals surface area contributed by atoms with Gasteiger partial charge in [-0.2, -0.15) is 0 Å². The number of hydrazine groups is 1. The van der Waals surface area contributed by atoms with Crippen molar-refractivity contribution < 1.29 is 4.74 Å². The molecule has 108 valence electrons. The largest absolute Gasteiger partial charge is 0.496 e. The van der Waals surface area contributed by atoms with Gasteiger partial charge >= 0.3 is 0 Å². The van der Waals surface area contributed by atoms with Gasteiger partial charge in [0.15, 0.2) is 0 Å². The van der Waals surface area contributed by atoms with Crippen molar-refractivity contribution in [3.8, 4) is 5.75 Å². The van der Waals surface area contributed by atoms with E-state index in [1.165, 1.54) is 16.7 Å². The van der Waals surface area contributed by atoms with E-state index in [-0.39, 0.29) is 0 Å². The van der Waals surface area contributed by atoms with E-state index in [1.54, 1.807) is 7.11 Å². The summed E-state index contributed by atoms with van der Waals surface area (Å²) in [6, 6.07) is 4.42. The third-order valence-corrected chi connectivity index (χ3v) is 3.43. The SMILES string of the molecule is COc1cc(C)c(CCN(C)CNN)cc1C(C)C. The van der Waals surface area contributed by atoms with Gasteiger partial charge in [0.05, 0.1) is 13.8 Å². The maximum atomic E-state index is 5.47. The first-order valence-corrected chi connectivity index (χ1v) is 6.79. The van der Waals surface area contributed by atoms with Crippen LogP contribution >= 0.6 is 0 Å². The van der Waals surface area contributed by atoms with E-state index in [2.05, 4.69) is 50.3 Å². The molecular weight excluding hydrogens is 238 g/mol. The molecule has 0 amide bonds. The summed E-state index contributed by atoms with van der Waals surface area (Å²) in [4.78, 5) is 2.17. The van der Waals surface area contributed by atoms with E-state index in [0.717, 1.165) is 18.7 Å². The number of aryl methyl sites for hydroxylation is 1. The van der Waals surface area contributed by atoms with E-state index >= 15 is 0 Å². The number of rotatable bonds is 7. The Morgan fingerprint density at radius 3 is 2.58 bits per heavy atom. The summed E-state index contributed by atoms with van der Waals surface area (Å²) < 4.78 is 5.47. The van der Waals surface area contributed by atoms with E-state index in [0.29, 0.717) is 12.6 Å². The second-order valence-electron chi connectivity index (χ2n) is 5.37. The second-order valence-corrected chi connectivity index (χ2v) is 5.37. The Kier molecular flexibility index (Phi) is 6.28. The molecule has 0 radical (unpaired) electrons. The predicted molar refractivity (Wildman–Crippen MR) is 80.3 cm³/mol. The number of nitrogens with two attached hydrogens (primary N) is 1. The lowest BCUT2D eigenvalue weighted by Gasteiger charge is -2.19. The highest BCUT2D eigenvalue weighted by Gasteiger charge is 2.11. The van der Waals surface area contributed by atoms with Crippen LogP contribution in [0.4, 0.5) is 0 Å². The van der Waals surface area contributed by atoms with Gasteiger partial charge in [0.1, 0.15) is 5.75 Å².